The molecule has 2 heterocycles. The van der Waals surface area contributed by atoms with Crippen LogP contribution in [0.25, 0.3) is 21.7 Å². The first-order valence-electron chi connectivity index (χ1n) is 15.5. The third-order valence-electron chi connectivity index (χ3n) is 8.51. The number of sulfonamides is 1. The van der Waals surface area contributed by atoms with Crippen LogP contribution in [0.1, 0.15) is 32.6 Å². The monoisotopic (exact) mass is 700 g/mol. The number of hydrogen-bond acceptors (Lipinski definition) is 7. The van der Waals surface area contributed by atoms with Gasteiger partial charge in [0.05, 0.1) is 31.0 Å². The van der Waals surface area contributed by atoms with Crippen molar-refractivity contribution >= 4 is 43.3 Å². The number of methoxy groups -OCH3 is 1. The summed E-state index contributed by atoms with van der Waals surface area (Å²) in [5.74, 6) is -0.895. The van der Waals surface area contributed by atoms with E-state index in [1.54, 1.807) is 49.8 Å². The fraction of sp³-hybridized carbons (Fsp3) is 0.189. The molecular weight excluding hydrogens is 666 g/mol. The first-order valence-corrected chi connectivity index (χ1v) is 17.3. The molecule has 2 N–H and O–H groups in total. The topological polar surface area (TPSA) is 123 Å². The zero-order valence-corrected chi connectivity index (χ0v) is 28.5. The van der Waals surface area contributed by atoms with Gasteiger partial charge < -0.3 is 24.5 Å². The average molecular weight is 701 g/mol. The van der Waals surface area contributed by atoms with Crippen LogP contribution in [0, 0.1) is 11.6 Å². The summed E-state index contributed by atoms with van der Waals surface area (Å²) in [6.07, 6.45) is 4.65. The lowest BCUT2D eigenvalue weighted by molar-refractivity contribution is 0.0961. The van der Waals surface area contributed by atoms with Crippen LogP contribution in [-0.4, -0.2) is 56.4 Å². The van der Waals surface area contributed by atoms with Crippen molar-refractivity contribution in [3.05, 3.63) is 125 Å². The molecule has 0 atom stereocenters. The number of nitrogens with one attached hydrogen (secondary N) is 1. The fourth-order valence-electron chi connectivity index (χ4n) is 5.88. The van der Waals surface area contributed by atoms with Gasteiger partial charge in [-0.3, -0.25) is 14.1 Å². The standard InChI is InChI=1S/C37H34F2N4O6S/c1-40-36(44)29-17-27(39)12-9-25(29)19-43-20-31-32(37(43)45)35(49-21-23-7-13-28(48-3)14-8-23)33-30(34(31)42(2)50(4,46)47)16-24(18-41-33)15-22-5-10-26(38)11-6-22/h5-14,16-18,20,45H,15,19,21H2,1-4H3,(H,40,44). The fourth-order valence-corrected chi connectivity index (χ4v) is 6.40. The van der Waals surface area contributed by atoms with E-state index in [-0.39, 0.29) is 47.2 Å². The number of fused-ring (bicyclic) bond motifs is 2. The summed E-state index contributed by atoms with van der Waals surface area (Å²) in [6, 6.07) is 18.9. The number of anilines is 1. The summed E-state index contributed by atoms with van der Waals surface area (Å²) in [6.45, 7) is 0.000948. The first-order chi connectivity index (χ1) is 23.9. The highest BCUT2D eigenvalue weighted by Crippen LogP contribution is 2.48. The third kappa shape index (κ3) is 6.77. The van der Waals surface area contributed by atoms with Gasteiger partial charge >= 0.3 is 0 Å². The second kappa shape index (κ2) is 13.7. The minimum Gasteiger partial charge on any atom is -0.497 e. The number of ether oxygens (including phenoxy) is 2. The number of aromatic hydroxyl groups is 1. The van der Waals surface area contributed by atoms with E-state index in [1.165, 1.54) is 42.9 Å². The molecule has 0 unspecified atom stereocenters. The number of aromatic nitrogens is 2. The number of amides is 1. The van der Waals surface area contributed by atoms with Crippen LogP contribution in [-0.2, 0) is 29.6 Å². The maximum atomic E-state index is 14.2. The van der Waals surface area contributed by atoms with Gasteiger partial charge in [-0.25, -0.2) is 17.2 Å². The number of benzene rings is 4. The van der Waals surface area contributed by atoms with E-state index in [9.17, 15) is 27.1 Å². The lowest BCUT2D eigenvalue weighted by atomic mass is 10.0. The van der Waals surface area contributed by atoms with Gasteiger partial charge in [-0.15, -0.1) is 0 Å². The average Bonchev–Trinajstić information content (AvgIpc) is 3.42. The van der Waals surface area contributed by atoms with Crippen molar-refractivity contribution in [1.29, 1.82) is 0 Å². The lowest BCUT2D eigenvalue weighted by Crippen LogP contribution is -2.25. The molecule has 6 aromatic rings. The van der Waals surface area contributed by atoms with E-state index in [2.05, 4.69) is 5.32 Å². The predicted molar refractivity (Wildman–Crippen MR) is 188 cm³/mol. The molecule has 0 bridgehead atoms. The first kappa shape index (κ1) is 34.2. The van der Waals surface area contributed by atoms with Gasteiger partial charge in [-0.05, 0) is 71.1 Å². The molecule has 0 aliphatic carbocycles. The van der Waals surface area contributed by atoms with Gasteiger partial charge in [0.1, 0.15) is 29.5 Å². The van der Waals surface area contributed by atoms with Crippen molar-refractivity contribution in [3.63, 3.8) is 0 Å². The van der Waals surface area contributed by atoms with Crippen LogP contribution in [0.5, 0.6) is 17.4 Å². The number of carbonyl (C=O) groups is 1. The number of rotatable bonds is 11. The van der Waals surface area contributed by atoms with E-state index in [0.717, 1.165) is 33.3 Å². The summed E-state index contributed by atoms with van der Waals surface area (Å²) in [7, 11) is 0.553. The van der Waals surface area contributed by atoms with Crippen molar-refractivity contribution < 1.29 is 36.6 Å². The Hall–Kier alpha value is -5.69. The number of nitrogens with zero attached hydrogens (tertiary/aromatic N) is 3. The molecule has 0 aliphatic rings. The van der Waals surface area contributed by atoms with Gasteiger partial charge in [-0.2, -0.15) is 0 Å². The van der Waals surface area contributed by atoms with Gasteiger partial charge in [0.25, 0.3) is 5.91 Å². The Morgan fingerprint density at radius 1 is 0.960 bits per heavy atom. The normalized spacial score (nSPS) is 11.6. The van der Waals surface area contributed by atoms with Crippen LogP contribution < -0.4 is 19.1 Å². The van der Waals surface area contributed by atoms with E-state index in [1.807, 2.05) is 12.1 Å². The van der Waals surface area contributed by atoms with Crippen molar-refractivity contribution in [1.82, 2.24) is 14.9 Å². The van der Waals surface area contributed by atoms with Crippen LogP contribution in [0.3, 0.4) is 0 Å². The molecular formula is C37H34F2N4O6S. The summed E-state index contributed by atoms with van der Waals surface area (Å²) in [4.78, 5) is 17.4. The summed E-state index contributed by atoms with van der Waals surface area (Å²) < 4.78 is 68.3. The number of hydrogen-bond donors (Lipinski definition) is 2. The van der Waals surface area contributed by atoms with E-state index >= 15 is 0 Å². The number of carbonyl (C=O) groups excluding carboxylic acids is 1. The second-order valence-electron chi connectivity index (χ2n) is 11.8. The number of halogens is 2. The molecule has 0 fully saturated rings. The molecule has 0 aliphatic heterocycles. The molecule has 258 valence electrons. The quantitative estimate of drug-likeness (QED) is 0.166. The Labute approximate surface area is 287 Å². The molecule has 50 heavy (non-hydrogen) atoms. The smallest absolute Gasteiger partial charge is 0.251 e. The molecule has 13 heteroatoms. The molecule has 0 saturated carbocycles. The third-order valence-corrected chi connectivity index (χ3v) is 9.68. The van der Waals surface area contributed by atoms with Crippen LogP contribution in [0.4, 0.5) is 14.5 Å². The zero-order chi connectivity index (χ0) is 35.7. The Morgan fingerprint density at radius 2 is 1.64 bits per heavy atom. The summed E-state index contributed by atoms with van der Waals surface area (Å²) in [5.41, 5.74) is 3.34. The highest BCUT2D eigenvalue weighted by Gasteiger charge is 2.28. The van der Waals surface area contributed by atoms with Gasteiger partial charge in [-0.1, -0.05) is 30.3 Å². The Bertz CT molecular complexity index is 2340. The van der Waals surface area contributed by atoms with E-state index in [4.69, 9.17) is 14.5 Å². The molecule has 0 spiro atoms. The lowest BCUT2D eigenvalue weighted by Gasteiger charge is -2.22. The second-order valence-corrected chi connectivity index (χ2v) is 13.9. The Morgan fingerprint density at radius 3 is 2.30 bits per heavy atom. The van der Waals surface area contributed by atoms with E-state index < -0.39 is 21.7 Å². The van der Waals surface area contributed by atoms with Gasteiger partial charge in [0.2, 0.25) is 15.9 Å². The van der Waals surface area contributed by atoms with Gasteiger partial charge in [0.15, 0.2) is 5.75 Å². The maximum absolute atomic E-state index is 14.2. The molecule has 4 aromatic carbocycles. The minimum atomic E-state index is -3.85. The maximum Gasteiger partial charge on any atom is 0.251 e. The largest absolute Gasteiger partial charge is 0.497 e. The molecule has 0 saturated heterocycles. The Kier molecular flexibility index (Phi) is 9.35. The Balaban J connectivity index is 1.59. The van der Waals surface area contributed by atoms with Crippen molar-refractivity contribution in [2.45, 2.75) is 19.6 Å². The van der Waals surface area contributed by atoms with E-state index in [0.29, 0.717) is 34.0 Å². The molecule has 10 nitrogen and oxygen atoms in total. The van der Waals surface area contributed by atoms with Crippen molar-refractivity contribution in [2.75, 3.05) is 31.8 Å². The van der Waals surface area contributed by atoms with Crippen LogP contribution >= 0.6 is 0 Å². The molecule has 1 amide bonds. The molecule has 6 rings (SSSR count). The van der Waals surface area contributed by atoms with Crippen molar-refractivity contribution in [2.24, 2.45) is 0 Å². The van der Waals surface area contributed by atoms with Crippen LogP contribution in [0.2, 0.25) is 0 Å². The number of pyridine rings is 1. The zero-order valence-electron chi connectivity index (χ0n) is 27.7. The summed E-state index contributed by atoms with van der Waals surface area (Å²) in [5, 5.41) is 15.3. The molecule has 0 radical (unpaired) electrons. The summed E-state index contributed by atoms with van der Waals surface area (Å²) >= 11 is 0. The molecule has 2 aromatic heterocycles. The minimum absolute atomic E-state index is 0.0664. The predicted octanol–water partition coefficient (Wildman–Crippen LogP) is 6.16. The van der Waals surface area contributed by atoms with Crippen molar-refractivity contribution in [3.8, 4) is 17.4 Å². The van der Waals surface area contributed by atoms with Gasteiger partial charge in [0, 0.05) is 42.8 Å². The highest BCUT2D eigenvalue weighted by molar-refractivity contribution is 7.92. The SMILES string of the molecule is CNC(=O)c1cc(F)ccc1Cn1cc2c(N(C)S(C)(=O)=O)c3cc(Cc4ccc(F)cc4)cnc3c(OCc3ccc(OC)cc3)c2c1O. The highest BCUT2D eigenvalue weighted by atomic mass is 32.2. The van der Waals surface area contributed by atoms with Crippen LogP contribution in [0.15, 0.2) is 85.2 Å².